The molecule has 0 fully saturated rings. The SMILES string of the molecule is NCCCP(=O)(O)C(O)c1ccc(NCC(=O)O)cc1. The van der Waals surface area contributed by atoms with Crippen molar-refractivity contribution < 1.29 is 24.5 Å². The third kappa shape index (κ3) is 4.94. The fourth-order valence-corrected chi connectivity index (χ4v) is 3.14. The Morgan fingerprint density at radius 2 is 1.95 bits per heavy atom. The van der Waals surface area contributed by atoms with E-state index in [1.165, 1.54) is 12.1 Å². The second kappa shape index (κ2) is 7.40. The van der Waals surface area contributed by atoms with Crippen molar-refractivity contribution in [1.82, 2.24) is 0 Å². The summed E-state index contributed by atoms with van der Waals surface area (Å²) < 4.78 is 11.9. The number of nitrogens with one attached hydrogen (secondary N) is 1. The standard InChI is InChI=1S/C12H19N2O5P/c13-6-1-7-20(18,19)12(17)9-2-4-10(5-3-9)14-8-11(15)16/h2-5,12,14,17H,1,6-8,13H2,(H,15,16)(H,18,19). The van der Waals surface area contributed by atoms with Crippen molar-refractivity contribution in [2.75, 3.05) is 24.6 Å². The Morgan fingerprint density at radius 1 is 1.35 bits per heavy atom. The molecule has 0 aliphatic rings. The second-order valence-corrected chi connectivity index (χ2v) is 6.81. The minimum absolute atomic E-state index is 0.0380. The zero-order valence-electron chi connectivity index (χ0n) is 10.9. The van der Waals surface area contributed by atoms with E-state index >= 15 is 0 Å². The van der Waals surface area contributed by atoms with Crippen molar-refractivity contribution in [3.05, 3.63) is 29.8 Å². The van der Waals surface area contributed by atoms with Gasteiger partial charge in [-0.1, -0.05) is 12.1 Å². The van der Waals surface area contributed by atoms with Crippen LogP contribution in [0, 0.1) is 0 Å². The maximum atomic E-state index is 11.9. The Balaban J connectivity index is 2.72. The summed E-state index contributed by atoms with van der Waals surface area (Å²) in [4.78, 5) is 20.2. The van der Waals surface area contributed by atoms with Crippen molar-refractivity contribution in [3.8, 4) is 0 Å². The molecule has 112 valence electrons. The summed E-state index contributed by atoms with van der Waals surface area (Å²) in [6.07, 6.45) is 0.326. The van der Waals surface area contributed by atoms with E-state index in [1.807, 2.05) is 0 Å². The van der Waals surface area contributed by atoms with Gasteiger partial charge in [0.25, 0.3) is 0 Å². The van der Waals surface area contributed by atoms with Crippen molar-refractivity contribution in [2.45, 2.75) is 12.3 Å². The summed E-state index contributed by atoms with van der Waals surface area (Å²) in [6.45, 7) is 0.0617. The summed E-state index contributed by atoms with van der Waals surface area (Å²) >= 11 is 0. The molecular formula is C12H19N2O5P. The Hall–Kier alpha value is -1.40. The van der Waals surface area contributed by atoms with E-state index in [4.69, 9.17) is 10.8 Å². The summed E-state index contributed by atoms with van der Waals surface area (Å²) in [6, 6.07) is 6.06. The number of carbonyl (C=O) groups is 1. The molecule has 0 amide bonds. The van der Waals surface area contributed by atoms with Crippen LogP contribution in [0.3, 0.4) is 0 Å². The van der Waals surface area contributed by atoms with Gasteiger partial charge in [0.05, 0.1) is 0 Å². The number of hydrogen-bond donors (Lipinski definition) is 5. The molecule has 0 bridgehead atoms. The molecule has 2 unspecified atom stereocenters. The van der Waals surface area contributed by atoms with Crippen molar-refractivity contribution in [2.24, 2.45) is 5.73 Å². The Labute approximate surface area is 116 Å². The van der Waals surface area contributed by atoms with Crippen LogP contribution in [0.4, 0.5) is 5.69 Å². The molecule has 6 N–H and O–H groups in total. The molecule has 0 saturated carbocycles. The average molecular weight is 302 g/mol. The van der Waals surface area contributed by atoms with Gasteiger partial charge in [0.2, 0.25) is 7.37 Å². The first-order chi connectivity index (χ1) is 9.36. The highest BCUT2D eigenvalue weighted by Crippen LogP contribution is 2.54. The molecule has 1 aromatic carbocycles. The predicted octanol–water partition coefficient (Wildman–Crippen LogP) is 0.793. The lowest BCUT2D eigenvalue weighted by atomic mass is 10.2. The topological polar surface area (TPSA) is 133 Å². The smallest absolute Gasteiger partial charge is 0.322 e. The first-order valence-electron chi connectivity index (χ1n) is 6.12. The lowest BCUT2D eigenvalue weighted by Gasteiger charge is -2.18. The van der Waals surface area contributed by atoms with E-state index in [2.05, 4.69) is 5.32 Å². The number of carboxylic acids is 1. The number of rotatable bonds is 8. The van der Waals surface area contributed by atoms with Crippen LogP contribution in [-0.4, -0.2) is 40.3 Å². The maximum absolute atomic E-state index is 11.9. The first-order valence-corrected chi connectivity index (χ1v) is 8.03. The molecule has 0 aromatic heterocycles. The van der Waals surface area contributed by atoms with E-state index in [-0.39, 0.29) is 19.3 Å². The fourth-order valence-electron chi connectivity index (χ4n) is 1.62. The van der Waals surface area contributed by atoms with Crippen LogP contribution in [0.1, 0.15) is 17.8 Å². The summed E-state index contributed by atoms with van der Waals surface area (Å²) in [5, 5.41) is 21.1. The molecule has 1 aromatic rings. The monoisotopic (exact) mass is 302 g/mol. The molecule has 1 rings (SSSR count). The maximum Gasteiger partial charge on any atom is 0.322 e. The van der Waals surface area contributed by atoms with Crippen LogP contribution in [0.15, 0.2) is 24.3 Å². The Bertz CT molecular complexity index is 491. The molecule has 2 atom stereocenters. The number of nitrogens with two attached hydrogens (primary N) is 1. The lowest BCUT2D eigenvalue weighted by molar-refractivity contribution is -0.134. The average Bonchev–Trinajstić information content (AvgIpc) is 2.42. The van der Waals surface area contributed by atoms with Crippen molar-refractivity contribution in [3.63, 3.8) is 0 Å². The number of anilines is 1. The highest BCUT2D eigenvalue weighted by atomic mass is 31.2. The van der Waals surface area contributed by atoms with E-state index < -0.39 is 19.2 Å². The lowest BCUT2D eigenvalue weighted by Crippen LogP contribution is -2.12. The summed E-state index contributed by atoms with van der Waals surface area (Å²) in [5.74, 6) is -2.45. The zero-order chi connectivity index (χ0) is 15.2. The predicted molar refractivity (Wildman–Crippen MR) is 75.9 cm³/mol. The first kappa shape index (κ1) is 16.7. The van der Waals surface area contributed by atoms with Gasteiger partial charge in [-0.3, -0.25) is 9.36 Å². The van der Waals surface area contributed by atoms with Crippen LogP contribution in [-0.2, 0) is 9.36 Å². The van der Waals surface area contributed by atoms with Crippen LogP contribution >= 0.6 is 7.37 Å². The van der Waals surface area contributed by atoms with E-state index in [0.29, 0.717) is 17.7 Å². The number of benzene rings is 1. The van der Waals surface area contributed by atoms with Gasteiger partial charge in [-0.25, -0.2) is 0 Å². The van der Waals surface area contributed by atoms with Crippen LogP contribution in [0.25, 0.3) is 0 Å². The highest BCUT2D eigenvalue weighted by molar-refractivity contribution is 7.58. The fraction of sp³-hybridized carbons (Fsp3) is 0.417. The molecule has 0 radical (unpaired) electrons. The van der Waals surface area contributed by atoms with E-state index in [0.717, 1.165) is 0 Å². The number of aliphatic carboxylic acids is 1. The van der Waals surface area contributed by atoms with Gasteiger partial charge in [-0.05, 0) is 30.7 Å². The number of hydrogen-bond acceptors (Lipinski definition) is 5. The molecule has 0 aliphatic heterocycles. The largest absolute Gasteiger partial charge is 0.480 e. The summed E-state index contributed by atoms with van der Waals surface area (Å²) in [7, 11) is -3.71. The molecule has 20 heavy (non-hydrogen) atoms. The molecule has 7 nitrogen and oxygen atoms in total. The number of carboxylic acid groups (broad SMARTS) is 1. The molecular weight excluding hydrogens is 283 g/mol. The molecule has 0 spiro atoms. The van der Waals surface area contributed by atoms with Gasteiger partial charge in [-0.15, -0.1) is 0 Å². The molecule has 0 saturated heterocycles. The van der Waals surface area contributed by atoms with Gasteiger partial charge in [0.1, 0.15) is 6.54 Å². The normalized spacial score (nSPS) is 15.3. The van der Waals surface area contributed by atoms with Crippen molar-refractivity contribution >= 4 is 19.0 Å². The van der Waals surface area contributed by atoms with Gasteiger partial charge in [-0.2, -0.15) is 0 Å². The third-order valence-electron chi connectivity index (χ3n) is 2.72. The van der Waals surface area contributed by atoms with Gasteiger partial charge >= 0.3 is 5.97 Å². The number of aliphatic hydroxyl groups excluding tert-OH is 1. The Morgan fingerprint density at radius 3 is 2.45 bits per heavy atom. The highest BCUT2D eigenvalue weighted by Gasteiger charge is 2.29. The van der Waals surface area contributed by atoms with Crippen molar-refractivity contribution in [1.29, 1.82) is 0 Å². The van der Waals surface area contributed by atoms with Gasteiger partial charge in [0, 0.05) is 11.8 Å². The van der Waals surface area contributed by atoms with Gasteiger partial charge < -0.3 is 26.2 Å². The molecule has 8 heteroatoms. The van der Waals surface area contributed by atoms with Gasteiger partial charge in [0.15, 0.2) is 5.85 Å². The Kier molecular flexibility index (Phi) is 6.16. The molecule has 0 heterocycles. The molecule has 0 aliphatic carbocycles. The van der Waals surface area contributed by atoms with Crippen LogP contribution in [0.5, 0.6) is 0 Å². The van der Waals surface area contributed by atoms with E-state index in [9.17, 15) is 19.4 Å². The minimum atomic E-state index is -3.71. The third-order valence-corrected chi connectivity index (χ3v) is 4.74. The minimum Gasteiger partial charge on any atom is -0.480 e. The van der Waals surface area contributed by atoms with Crippen LogP contribution in [0.2, 0.25) is 0 Å². The summed E-state index contributed by atoms with van der Waals surface area (Å²) in [5.41, 5.74) is 6.15. The quantitative estimate of drug-likeness (QED) is 0.448. The van der Waals surface area contributed by atoms with Crippen LogP contribution < -0.4 is 11.1 Å². The van der Waals surface area contributed by atoms with E-state index in [1.54, 1.807) is 12.1 Å². The second-order valence-electron chi connectivity index (χ2n) is 4.36. The zero-order valence-corrected chi connectivity index (χ0v) is 11.8. The number of aliphatic hydroxyl groups is 1.